The topological polar surface area (TPSA) is 52.7 Å². The van der Waals surface area contributed by atoms with E-state index in [-0.39, 0.29) is 5.75 Å². The van der Waals surface area contributed by atoms with E-state index in [1.165, 1.54) is 12.8 Å². The van der Waals surface area contributed by atoms with E-state index in [0.29, 0.717) is 19.6 Å². The highest BCUT2D eigenvalue weighted by Crippen LogP contribution is 2.27. The molecule has 2 fully saturated rings. The first-order chi connectivity index (χ1) is 8.63. The molecule has 2 aliphatic rings. The Balaban J connectivity index is 1.72. The van der Waals surface area contributed by atoms with E-state index >= 15 is 0 Å². The molecule has 0 unspecified atom stereocenters. The third-order valence-electron chi connectivity index (χ3n) is 3.69. The normalized spacial score (nSPS) is 23.4. The number of piperazine rings is 1. The predicted molar refractivity (Wildman–Crippen MR) is 73.1 cm³/mol. The minimum Gasteiger partial charge on any atom is -0.316 e. The number of nitrogens with zero attached hydrogens (tertiary/aromatic N) is 2. The van der Waals surface area contributed by atoms with Crippen LogP contribution in [-0.2, 0) is 10.0 Å². The Labute approximate surface area is 111 Å². The highest BCUT2D eigenvalue weighted by atomic mass is 32.2. The summed E-state index contributed by atoms with van der Waals surface area (Å²) in [5.41, 5.74) is 0. The maximum atomic E-state index is 12.1. The molecule has 0 amide bonds. The standard InChI is InChI=1S/C12H25N3O2S/c1-2-5-13-6-11-18(16,17)15-9-7-14(8-10-15)12-3-4-12/h12-13H,2-11H2,1H3. The Morgan fingerprint density at radius 3 is 2.33 bits per heavy atom. The maximum absolute atomic E-state index is 12.1. The zero-order chi connectivity index (χ0) is 13.0. The molecule has 18 heavy (non-hydrogen) atoms. The SMILES string of the molecule is CCCNCCS(=O)(=O)N1CCN(C2CC2)CC1. The molecule has 0 aromatic carbocycles. The van der Waals surface area contributed by atoms with Gasteiger partial charge in [-0.05, 0) is 25.8 Å². The van der Waals surface area contributed by atoms with Crippen LogP contribution >= 0.6 is 0 Å². The van der Waals surface area contributed by atoms with Crippen molar-refractivity contribution in [2.45, 2.75) is 32.2 Å². The van der Waals surface area contributed by atoms with Gasteiger partial charge in [-0.2, -0.15) is 4.31 Å². The van der Waals surface area contributed by atoms with Crippen LogP contribution in [0, 0.1) is 0 Å². The van der Waals surface area contributed by atoms with Crippen LogP contribution in [0.1, 0.15) is 26.2 Å². The Kier molecular flexibility index (Phi) is 5.00. The summed E-state index contributed by atoms with van der Waals surface area (Å²) in [7, 11) is -3.05. The van der Waals surface area contributed by atoms with Crippen LogP contribution in [0.5, 0.6) is 0 Å². The fourth-order valence-electron chi connectivity index (χ4n) is 2.42. The second-order valence-electron chi connectivity index (χ2n) is 5.23. The molecule has 2 rings (SSSR count). The summed E-state index contributed by atoms with van der Waals surface area (Å²) in [6, 6.07) is 0.751. The molecule has 1 N–H and O–H groups in total. The molecule has 1 saturated carbocycles. The van der Waals surface area contributed by atoms with Crippen molar-refractivity contribution in [3.63, 3.8) is 0 Å². The van der Waals surface area contributed by atoms with Crippen molar-refractivity contribution < 1.29 is 8.42 Å². The van der Waals surface area contributed by atoms with E-state index in [2.05, 4.69) is 17.1 Å². The van der Waals surface area contributed by atoms with Gasteiger partial charge in [0.25, 0.3) is 0 Å². The summed E-state index contributed by atoms with van der Waals surface area (Å²) in [5.74, 6) is 0.233. The van der Waals surface area contributed by atoms with Crippen LogP contribution in [0.3, 0.4) is 0 Å². The van der Waals surface area contributed by atoms with Crippen molar-refractivity contribution in [1.82, 2.24) is 14.5 Å². The van der Waals surface area contributed by atoms with Gasteiger partial charge in [0.2, 0.25) is 10.0 Å². The first-order valence-corrected chi connectivity index (χ1v) is 8.67. The number of hydrogen-bond donors (Lipinski definition) is 1. The smallest absolute Gasteiger partial charge is 0.215 e. The molecule has 1 aliphatic carbocycles. The second-order valence-corrected chi connectivity index (χ2v) is 7.32. The van der Waals surface area contributed by atoms with Gasteiger partial charge < -0.3 is 5.32 Å². The van der Waals surface area contributed by atoms with Gasteiger partial charge in [0.1, 0.15) is 0 Å². The Morgan fingerprint density at radius 2 is 1.78 bits per heavy atom. The van der Waals surface area contributed by atoms with E-state index in [1.54, 1.807) is 4.31 Å². The van der Waals surface area contributed by atoms with Crippen LogP contribution in [0.2, 0.25) is 0 Å². The van der Waals surface area contributed by atoms with Crippen LogP contribution in [0.25, 0.3) is 0 Å². The fourth-order valence-corrected chi connectivity index (χ4v) is 3.80. The van der Waals surface area contributed by atoms with Crippen molar-refractivity contribution in [3.8, 4) is 0 Å². The first-order valence-electron chi connectivity index (χ1n) is 7.06. The lowest BCUT2D eigenvalue weighted by atomic mass is 10.3. The fraction of sp³-hybridized carbons (Fsp3) is 1.00. The summed E-state index contributed by atoms with van der Waals surface area (Å²) >= 11 is 0. The molecule has 0 aromatic rings. The lowest BCUT2D eigenvalue weighted by molar-refractivity contribution is 0.180. The molecule has 0 atom stereocenters. The van der Waals surface area contributed by atoms with Gasteiger partial charge in [0, 0.05) is 38.8 Å². The number of sulfonamides is 1. The third-order valence-corrected chi connectivity index (χ3v) is 5.57. The van der Waals surface area contributed by atoms with Crippen molar-refractivity contribution in [2.24, 2.45) is 0 Å². The second kappa shape index (κ2) is 6.32. The van der Waals surface area contributed by atoms with E-state index < -0.39 is 10.0 Å². The highest BCUT2D eigenvalue weighted by molar-refractivity contribution is 7.89. The van der Waals surface area contributed by atoms with E-state index in [0.717, 1.165) is 32.1 Å². The maximum Gasteiger partial charge on any atom is 0.215 e. The molecule has 5 nitrogen and oxygen atoms in total. The van der Waals surface area contributed by atoms with Gasteiger partial charge in [0.15, 0.2) is 0 Å². The molecule has 1 aliphatic heterocycles. The summed E-state index contributed by atoms with van der Waals surface area (Å²) < 4.78 is 25.9. The summed E-state index contributed by atoms with van der Waals surface area (Å²) in [6.45, 7) is 6.71. The van der Waals surface area contributed by atoms with Crippen LogP contribution in [0.15, 0.2) is 0 Å². The number of nitrogens with one attached hydrogen (secondary N) is 1. The molecule has 1 saturated heterocycles. The van der Waals surface area contributed by atoms with Gasteiger partial charge in [-0.15, -0.1) is 0 Å². The average molecular weight is 275 g/mol. The molecule has 0 spiro atoms. The van der Waals surface area contributed by atoms with Crippen LogP contribution in [-0.4, -0.2) is 68.7 Å². The minimum atomic E-state index is -3.05. The van der Waals surface area contributed by atoms with Crippen molar-refractivity contribution >= 4 is 10.0 Å². The molecule has 0 aromatic heterocycles. The Hall–Kier alpha value is -0.170. The molecular formula is C12H25N3O2S. The zero-order valence-electron chi connectivity index (χ0n) is 11.3. The van der Waals surface area contributed by atoms with Crippen molar-refractivity contribution in [1.29, 1.82) is 0 Å². The summed E-state index contributed by atoms with van der Waals surface area (Å²) in [5, 5.41) is 3.15. The lowest BCUT2D eigenvalue weighted by Gasteiger charge is -2.34. The highest BCUT2D eigenvalue weighted by Gasteiger charge is 2.33. The van der Waals surface area contributed by atoms with Crippen LogP contribution < -0.4 is 5.32 Å². The first kappa shape index (κ1) is 14.2. The van der Waals surface area contributed by atoms with Gasteiger partial charge in [0.05, 0.1) is 5.75 Å². The van der Waals surface area contributed by atoms with Crippen molar-refractivity contribution in [3.05, 3.63) is 0 Å². The monoisotopic (exact) mass is 275 g/mol. The Bertz CT molecular complexity index is 346. The lowest BCUT2D eigenvalue weighted by Crippen LogP contribution is -2.50. The summed E-state index contributed by atoms with van der Waals surface area (Å²) in [6.07, 6.45) is 3.64. The quantitative estimate of drug-likeness (QED) is 0.669. The largest absolute Gasteiger partial charge is 0.316 e. The predicted octanol–water partition coefficient (Wildman–Crippen LogP) is 0.0958. The number of rotatable bonds is 7. The third kappa shape index (κ3) is 3.91. The van der Waals surface area contributed by atoms with Gasteiger partial charge >= 0.3 is 0 Å². The van der Waals surface area contributed by atoms with Gasteiger partial charge in [-0.25, -0.2) is 8.42 Å². The average Bonchev–Trinajstić information content (AvgIpc) is 3.19. The molecule has 6 heteroatoms. The molecule has 0 bridgehead atoms. The molecule has 106 valence electrons. The molecular weight excluding hydrogens is 250 g/mol. The van der Waals surface area contributed by atoms with E-state index in [9.17, 15) is 8.42 Å². The van der Waals surface area contributed by atoms with Crippen LogP contribution in [0.4, 0.5) is 0 Å². The van der Waals surface area contributed by atoms with Gasteiger partial charge in [-0.1, -0.05) is 6.92 Å². The van der Waals surface area contributed by atoms with E-state index in [1.807, 2.05) is 0 Å². The van der Waals surface area contributed by atoms with Crippen molar-refractivity contribution in [2.75, 3.05) is 45.0 Å². The Morgan fingerprint density at radius 1 is 1.11 bits per heavy atom. The zero-order valence-corrected chi connectivity index (χ0v) is 12.1. The summed E-state index contributed by atoms with van der Waals surface area (Å²) in [4.78, 5) is 2.43. The molecule has 0 radical (unpaired) electrons. The van der Waals surface area contributed by atoms with Gasteiger partial charge in [-0.3, -0.25) is 4.90 Å². The molecule has 1 heterocycles. The minimum absolute atomic E-state index is 0.233. The number of hydrogen-bond acceptors (Lipinski definition) is 4. The van der Waals surface area contributed by atoms with E-state index in [4.69, 9.17) is 0 Å².